The van der Waals surface area contributed by atoms with Crippen LogP contribution >= 0.6 is 0 Å². The van der Waals surface area contributed by atoms with E-state index in [2.05, 4.69) is 5.92 Å². The molecule has 0 atom stereocenters. The Morgan fingerprint density at radius 1 is 1.45 bits per heavy atom. The highest BCUT2D eigenvalue weighted by atomic mass is 19.4. The topological polar surface area (TPSA) is 38.8 Å². The SMILES string of the molecule is C#CCN(C(=O)C(F)(F)F)C1=CCC2(CC1)OCCO2. The van der Waals surface area contributed by atoms with Crippen LogP contribution in [0.25, 0.3) is 0 Å². The lowest BCUT2D eigenvalue weighted by Gasteiger charge is -2.34. The van der Waals surface area contributed by atoms with Crippen molar-refractivity contribution in [2.24, 2.45) is 0 Å². The molecular weight excluding hydrogens is 275 g/mol. The molecule has 2 aliphatic rings. The van der Waals surface area contributed by atoms with Crippen LogP contribution in [-0.4, -0.2) is 42.5 Å². The fourth-order valence-electron chi connectivity index (χ4n) is 2.35. The highest BCUT2D eigenvalue weighted by Crippen LogP contribution is 2.36. The number of carbonyl (C=O) groups excluding carboxylic acids is 1. The van der Waals surface area contributed by atoms with Crippen LogP contribution in [0.3, 0.4) is 0 Å². The Morgan fingerprint density at radius 2 is 2.10 bits per heavy atom. The number of nitrogens with zero attached hydrogens (tertiary/aromatic N) is 1. The Hall–Kier alpha value is -1.52. The van der Waals surface area contributed by atoms with Crippen molar-refractivity contribution in [3.05, 3.63) is 11.8 Å². The molecule has 1 amide bonds. The van der Waals surface area contributed by atoms with Gasteiger partial charge in [-0.1, -0.05) is 12.0 Å². The first-order valence-electron chi connectivity index (χ1n) is 6.17. The van der Waals surface area contributed by atoms with Crippen molar-refractivity contribution >= 4 is 5.91 Å². The first-order valence-corrected chi connectivity index (χ1v) is 6.17. The maximum Gasteiger partial charge on any atom is 0.471 e. The van der Waals surface area contributed by atoms with E-state index in [9.17, 15) is 18.0 Å². The highest BCUT2D eigenvalue weighted by Gasteiger charge is 2.45. The zero-order valence-corrected chi connectivity index (χ0v) is 10.7. The molecule has 1 heterocycles. The van der Waals surface area contributed by atoms with Gasteiger partial charge >= 0.3 is 12.1 Å². The molecule has 4 nitrogen and oxygen atoms in total. The molecule has 0 radical (unpaired) electrons. The Labute approximate surface area is 114 Å². The molecule has 1 aliphatic carbocycles. The predicted molar refractivity (Wildman–Crippen MR) is 63.2 cm³/mol. The largest absolute Gasteiger partial charge is 0.471 e. The summed E-state index contributed by atoms with van der Waals surface area (Å²) in [5, 5.41) is 0. The summed E-state index contributed by atoms with van der Waals surface area (Å²) in [4.78, 5) is 12.0. The number of alkyl halides is 3. The van der Waals surface area contributed by atoms with Crippen LogP contribution in [-0.2, 0) is 14.3 Å². The lowest BCUT2D eigenvalue weighted by molar-refractivity contribution is -0.184. The van der Waals surface area contributed by atoms with E-state index < -0.39 is 24.4 Å². The van der Waals surface area contributed by atoms with E-state index in [0.29, 0.717) is 31.0 Å². The van der Waals surface area contributed by atoms with Crippen molar-refractivity contribution in [3.63, 3.8) is 0 Å². The van der Waals surface area contributed by atoms with Gasteiger partial charge in [0.1, 0.15) is 0 Å². The summed E-state index contributed by atoms with van der Waals surface area (Å²) in [7, 11) is 0. The zero-order valence-electron chi connectivity index (χ0n) is 10.7. The van der Waals surface area contributed by atoms with Gasteiger partial charge < -0.3 is 9.47 Å². The average molecular weight is 289 g/mol. The van der Waals surface area contributed by atoms with Gasteiger partial charge in [-0.25, -0.2) is 0 Å². The third-order valence-electron chi connectivity index (χ3n) is 3.31. The Balaban J connectivity index is 2.13. The highest BCUT2D eigenvalue weighted by molar-refractivity contribution is 5.83. The Kier molecular flexibility index (Phi) is 4.06. The van der Waals surface area contributed by atoms with Gasteiger partial charge in [-0.3, -0.25) is 9.69 Å². The van der Waals surface area contributed by atoms with Gasteiger partial charge in [-0.15, -0.1) is 6.42 Å². The van der Waals surface area contributed by atoms with Crippen LogP contribution in [0.5, 0.6) is 0 Å². The fraction of sp³-hybridized carbons (Fsp3) is 0.615. The van der Waals surface area contributed by atoms with Crippen LogP contribution in [0.2, 0.25) is 0 Å². The van der Waals surface area contributed by atoms with Gasteiger partial charge in [0.15, 0.2) is 5.79 Å². The minimum Gasteiger partial charge on any atom is -0.347 e. The summed E-state index contributed by atoms with van der Waals surface area (Å²) >= 11 is 0. The molecule has 1 aliphatic heterocycles. The molecule has 0 aromatic carbocycles. The number of halogens is 3. The molecule has 1 spiro atoms. The van der Waals surface area contributed by atoms with E-state index in [0.717, 1.165) is 0 Å². The van der Waals surface area contributed by atoms with E-state index in [1.807, 2.05) is 0 Å². The van der Waals surface area contributed by atoms with Crippen molar-refractivity contribution in [1.82, 2.24) is 4.90 Å². The molecule has 1 fully saturated rings. The van der Waals surface area contributed by atoms with E-state index >= 15 is 0 Å². The van der Waals surface area contributed by atoms with Crippen LogP contribution in [0.4, 0.5) is 13.2 Å². The van der Waals surface area contributed by atoms with Gasteiger partial charge in [-0.2, -0.15) is 13.2 Å². The number of amides is 1. The average Bonchev–Trinajstić information content (AvgIpc) is 2.84. The summed E-state index contributed by atoms with van der Waals surface area (Å²) in [5.41, 5.74) is 0.273. The molecule has 0 saturated carbocycles. The molecule has 0 unspecified atom stereocenters. The van der Waals surface area contributed by atoms with E-state index in [-0.39, 0.29) is 12.1 Å². The van der Waals surface area contributed by atoms with E-state index in [4.69, 9.17) is 15.9 Å². The van der Waals surface area contributed by atoms with Gasteiger partial charge in [0.2, 0.25) is 0 Å². The number of allylic oxidation sites excluding steroid dienone is 1. The molecule has 2 rings (SSSR count). The molecule has 0 aromatic rings. The second-order valence-corrected chi connectivity index (χ2v) is 4.60. The first kappa shape index (κ1) is 14.9. The second kappa shape index (κ2) is 5.46. The number of hydrogen-bond donors (Lipinski definition) is 0. The normalized spacial score (nSPS) is 21.4. The smallest absolute Gasteiger partial charge is 0.347 e. The predicted octanol–water partition coefficient (Wildman–Crippen LogP) is 1.82. The van der Waals surface area contributed by atoms with Crippen molar-refractivity contribution < 1.29 is 27.4 Å². The summed E-state index contributed by atoms with van der Waals surface area (Å²) in [5.74, 6) is -0.602. The molecule has 1 saturated heterocycles. The summed E-state index contributed by atoms with van der Waals surface area (Å²) < 4.78 is 48.5. The molecule has 0 N–H and O–H groups in total. The molecule has 110 valence electrons. The number of terminal acetylenes is 1. The van der Waals surface area contributed by atoms with Crippen LogP contribution in [0.15, 0.2) is 11.8 Å². The second-order valence-electron chi connectivity index (χ2n) is 4.60. The quantitative estimate of drug-likeness (QED) is 0.728. The molecule has 0 bridgehead atoms. The summed E-state index contributed by atoms with van der Waals surface area (Å²) in [6.45, 7) is 0.538. The lowest BCUT2D eigenvalue weighted by Crippen LogP contribution is -2.43. The van der Waals surface area contributed by atoms with Crippen LogP contribution in [0.1, 0.15) is 19.3 Å². The van der Waals surface area contributed by atoms with Gasteiger partial charge in [0.05, 0.1) is 19.8 Å². The van der Waals surface area contributed by atoms with Crippen LogP contribution in [0, 0.1) is 12.3 Å². The lowest BCUT2D eigenvalue weighted by atomic mass is 9.97. The number of hydrogen-bond acceptors (Lipinski definition) is 3. The van der Waals surface area contributed by atoms with Gasteiger partial charge in [0.25, 0.3) is 0 Å². The Morgan fingerprint density at radius 3 is 2.55 bits per heavy atom. The van der Waals surface area contributed by atoms with Crippen molar-refractivity contribution in [2.75, 3.05) is 19.8 Å². The summed E-state index contributed by atoms with van der Waals surface area (Å²) in [6, 6.07) is 0. The fourth-order valence-corrected chi connectivity index (χ4v) is 2.35. The number of carbonyl (C=O) groups is 1. The molecular formula is C13H14F3NO3. The number of ether oxygens (including phenoxy) is 2. The van der Waals surface area contributed by atoms with E-state index in [1.54, 1.807) is 0 Å². The maximum atomic E-state index is 12.5. The van der Waals surface area contributed by atoms with Crippen molar-refractivity contribution in [1.29, 1.82) is 0 Å². The minimum absolute atomic E-state index is 0.253. The van der Waals surface area contributed by atoms with Crippen molar-refractivity contribution in [3.8, 4) is 12.3 Å². The zero-order chi connectivity index (χ0) is 14.8. The van der Waals surface area contributed by atoms with Crippen LogP contribution < -0.4 is 0 Å². The molecule has 20 heavy (non-hydrogen) atoms. The third-order valence-corrected chi connectivity index (χ3v) is 3.31. The molecule has 7 heteroatoms. The summed E-state index contributed by atoms with van der Waals surface area (Å²) in [6.07, 6.45) is 2.62. The monoisotopic (exact) mass is 289 g/mol. The maximum absolute atomic E-state index is 12.5. The third kappa shape index (κ3) is 2.97. The van der Waals surface area contributed by atoms with Gasteiger partial charge in [0, 0.05) is 18.5 Å². The van der Waals surface area contributed by atoms with Gasteiger partial charge in [-0.05, 0) is 6.42 Å². The minimum atomic E-state index is -4.94. The van der Waals surface area contributed by atoms with E-state index in [1.165, 1.54) is 6.08 Å². The number of rotatable bonds is 2. The Bertz CT molecular complexity index is 458. The molecule has 0 aromatic heterocycles. The standard InChI is InChI=1S/C13H14F3NO3/c1-2-7-17(11(18)13(14,15)16)10-3-5-12(6-4-10)19-8-9-20-12/h1,3H,4-9H2. The first-order chi connectivity index (χ1) is 9.38. The van der Waals surface area contributed by atoms with Crippen molar-refractivity contribution in [2.45, 2.75) is 31.2 Å².